The monoisotopic (exact) mass is 362 g/mol. The van der Waals surface area contributed by atoms with Gasteiger partial charge >= 0.3 is 0 Å². The van der Waals surface area contributed by atoms with Crippen molar-refractivity contribution in [2.75, 3.05) is 0 Å². The molecular weight excluding hydrogens is 336 g/mol. The highest BCUT2D eigenvalue weighted by Crippen LogP contribution is 2.29. The molecule has 1 aromatic carbocycles. The third-order valence-corrected chi connectivity index (χ3v) is 4.30. The molecule has 27 heavy (non-hydrogen) atoms. The van der Waals surface area contributed by atoms with Gasteiger partial charge in [0.2, 0.25) is 5.91 Å². The predicted molar refractivity (Wildman–Crippen MR) is 107 cm³/mol. The van der Waals surface area contributed by atoms with Gasteiger partial charge in [0.1, 0.15) is 12.4 Å². The van der Waals surface area contributed by atoms with E-state index in [0.29, 0.717) is 0 Å². The van der Waals surface area contributed by atoms with Crippen molar-refractivity contribution in [1.29, 1.82) is 0 Å². The van der Waals surface area contributed by atoms with Crippen molar-refractivity contribution in [2.24, 2.45) is 5.41 Å². The maximum atomic E-state index is 12.8. The molecule has 0 aliphatic heterocycles. The Kier molecular flexibility index (Phi) is 5.69. The second-order valence-electron chi connectivity index (χ2n) is 7.92. The van der Waals surface area contributed by atoms with Crippen LogP contribution in [0, 0.1) is 5.41 Å². The van der Waals surface area contributed by atoms with Crippen LogP contribution in [-0.4, -0.2) is 20.4 Å². The minimum absolute atomic E-state index is 0.0386. The maximum absolute atomic E-state index is 12.8. The number of carbonyl (C=O) groups is 1. The number of imidazole rings is 1. The summed E-state index contributed by atoms with van der Waals surface area (Å²) < 4.78 is 1.88. The number of carbonyl (C=O) groups excluding carboxylic acids is 1. The van der Waals surface area contributed by atoms with Crippen LogP contribution in [0.15, 0.2) is 67.3 Å². The smallest absolute Gasteiger partial charge is 0.240 e. The first-order valence-corrected chi connectivity index (χ1v) is 9.18. The normalized spacial score (nSPS) is 12.6. The van der Waals surface area contributed by atoms with Crippen molar-refractivity contribution in [2.45, 2.75) is 39.8 Å². The predicted octanol–water partition coefficient (Wildman–Crippen LogP) is 4.24. The van der Waals surface area contributed by atoms with Crippen molar-refractivity contribution >= 4 is 5.91 Å². The largest absolute Gasteiger partial charge is 0.348 e. The van der Waals surface area contributed by atoms with Crippen LogP contribution in [0.4, 0.5) is 0 Å². The van der Waals surface area contributed by atoms with Crippen LogP contribution < -0.4 is 5.32 Å². The van der Waals surface area contributed by atoms with Crippen molar-refractivity contribution in [3.63, 3.8) is 0 Å². The number of amides is 1. The second kappa shape index (κ2) is 8.16. The summed E-state index contributed by atoms with van der Waals surface area (Å²) in [4.78, 5) is 21.4. The number of benzene rings is 1. The average Bonchev–Trinajstić information content (AvgIpc) is 3.09. The number of aromatic nitrogens is 3. The SMILES string of the molecule is CC(C)(C)CC(NC(=O)Cn1ccnc1-c1ccccc1)c1cccnc1. The Morgan fingerprint density at radius 1 is 1.11 bits per heavy atom. The molecule has 0 aliphatic rings. The van der Waals surface area contributed by atoms with Crippen molar-refractivity contribution < 1.29 is 4.79 Å². The topological polar surface area (TPSA) is 59.8 Å². The third-order valence-electron chi connectivity index (χ3n) is 4.30. The van der Waals surface area contributed by atoms with E-state index in [9.17, 15) is 4.79 Å². The third kappa shape index (κ3) is 5.26. The van der Waals surface area contributed by atoms with E-state index >= 15 is 0 Å². The number of nitrogens with one attached hydrogen (secondary N) is 1. The van der Waals surface area contributed by atoms with Crippen molar-refractivity contribution in [3.8, 4) is 11.4 Å². The van der Waals surface area contributed by atoms with E-state index in [4.69, 9.17) is 0 Å². The zero-order valence-corrected chi connectivity index (χ0v) is 16.1. The number of rotatable bonds is 6. The van der Waals surface area contributed by atoms with Crippen LogP contribution in [0.25, 0.3) is 11.4 Å². The summed E-state index contributed by atoms with van der Waals surface area (Å²) in [5.41, 5.74) is 2.10. The Labute approximate surface area is 160 Å². The van der Waals surface area contributed by atoms with Gasteiger partial charge in [0, 0.05) is 30.4 Å². The lowest BCUT2D eigenvalue weighted by Crippen LogP contribution is -2.33. The van der Waals surface area contributed by atoms with E-state index in [2.05, 4.69) is 36.1 Å². The minimum atomic E-state index is -0.0742. The molecule has 140 valence electrons. The van der Waals surface area contributed by atoms with Gasteiger partial charge < -0.3 is 9.88 Å². The zero-order valence-electron chi connectivity index (χ0n) is 16.1. The summed E-state index contributed by atoms with van der Waals surface area (Å²) in [5, 5.41) is 3.18. The maximum Gasteiger partial charge on any atom is 0.240 e. The minimum Gasteiger partial charge on any atom is -0.348 e. The molecule has 0 saturated heterocycles. The lowest BCUT2D eigenvalue weighted by Gasteiger charge is -2.27. The standard InChI is InChI=1S/C22H26N4O/c1-22(2,3)14-19(18-10-7-11-23-15-18)25-20(27)16-26-13-12-24-21(26)17-8-5-4-6-9-17/h4-13,15,19H,14,16H2,1-3H3,(H,25,27). The van der Waals surface area contributed by atoms with Crippen LogP contribution in [0.2, 0.25) is 0 Å². The fourth-order valence-electron chi connectivity index (χ4n) is 3.13. The van der Waals surface area contributed by atoms with Gasteiger partial charge in [0.05, 0.1) is 6.04 Å². The lowest BCUT2D eigenvalue weighted by atomic mass is 9.86. The fraction of sp³-hybridized carbons (Fsp3) is 0.318. The second-order valence-corrected chi connectivity index (χ2v) is 7.92. The summed E-state index contributed by atoms with van der Waals surface area (Å²) in [6.45, 7) is 6.74. The lowest BCUT2D eigenvalue weighted by molar-refractivity contribution is -0.122. The summed E-state index contributed by atoms with van der Waals surface area (Å²) in [6.07, 6.45) is 7.97. The Morgan fingerprint density at radius 3 is 2.56 bits per heavy atom. The van der Waals surface area contributed by atoms with Crippen molar-refractivity contribution in [3.05, 3.63) is 72.8 Å². The van der Waals surface area contributed by atoms with Gasteiger partial charge in [-0.05, 0) is 23.5 Å². The van der Waals surface area contributed by atoms with Crippen molar-refractivity contribution in [1.82, 2.24) is 19.9 Å². The summed E-state index contributed by atoms with van der Waals surface area (Å²) in [5.74, 6) is 0.753. The van der Waals surface area contributed by atoms with E-state index in [1.165, 1.54) is 0 Å². The van der Waals surface area contributed by atoms with Gasteiger partial charge in [-0.1, -0.05) is 57.2 Å². The quantitative estimate of drug-likeness (QED) is 0.713. The van der Waals surface area contributed by atoms with E-state index in [1.807, 2.05) is 59.4 Å². The van der Waals surface area contributed by atoms with Crippen LogP contribution in [0.5, 0.6) is 0 Å². The molecule has 0 aliphatic carbocycles. The first kappa shape index (κ1) is 18.8. The molecule has 1 atom stereocenters. The molecule has 0 bridgehead atoms. The molecule has 5 heteroatoms. The molecule has 0 fully saturated rings. The van der Waals surface area contributed by atoms with Gasteiger partial charge in [0.15, 0.2) is 0 Å². The van der Waals surface area contributed by atoms with Crippen LogP contribution in [-0.2, 0) is 11.3 Å². The molecule has 2 heterocycles. The number of pyridine rings is 1. The van der Waals surface area contributed by atoms with Crippen LogP contribution in [0.1, 0.15) is 38.8 Å². The molecular formula is C22H26N4O. The van der Waals surface area contributed by atoms with Gasteiger partial charge in [0.25, 0.3) is 0 Å². The summed E-state index contributed by atoms with van der Waals surface area (Å²) in [6, 6.07) is 13.7. The van der Waals surface area contributed by atoms with E-state index in [-0.39, 0.29) is 23.9 Å². The highest BCUT2D eigenvalue weighted by molar-refractivity contribution is 5.77. The van der Waals surface area contributed by atoms with Gasteiger partial charge in [-0.2, -0.15) is 0 Å². The van der Waals surface area contributed by atoms with Crippen LogP contribution >= 0.6 is 0 Å². The number of nitrogens with zero attached hydrogens (tertiary/aromatic N) is 3. The van der Waals surface area contributed by atoms with Crippen LogP contribution in [0.3, 0.4) is 0 Å². The molecule has 3 rings (SSSR count). The summed E-state index contributed by atoms with van der Waals surface area (Å²) in [7, 11) is 0. The first-order chi connectivity index (χ1) is 12.9. The fourth-order valence-corrected chi connectivity index (χ4v) is 3.13. The molecule has 2 aromatic heterocycles. The molecule has 3 aromatic rings. The molecule has 0 radical (unpaired) electrons. The van der Waals surface area contributed by atoms with E-state index in [0.717, 1.165) is 23.4 Å². The highest BCUT2D eigenvalue weighted by atomic mass is 16.2. The Morgan fingerprint density at radius 2 is 1.89 bits per heavy atom. The number of hydrogen-bond acceptors (Lipinski definition) is 3. The Bertz CT molecular complexity index is 866. The van der Waals surface area contributed by atoms with E-state index < -0.39 is 0 Å². The molecule has 1 N–H and O–H groups in total. The van der Waals surface area contributed by atoms with Gasteiger partial charge in [-0.15, -0.1) is 0 Å². The molecule has 1 amide bonds. The first-order valence-electron chi connectivity index (χ1n) is 9.18. The summed E-state index contributed by atoms with van der Waals surface area (Å²) >= 11 is 0. The zero-order chi connectivity index (χ0) is 19.3. The molecule has 5 nitrogen and oxygen atoms in total. The average molecular weight is 362 g/mol. The Balaban J connectivity index is 1.75. The molecule has 1 unspecified atom stereocenters. The molecule has 0 spiro atoms. The highest BCUT2D eigenvalue weighted by Gasteiger charge is 2.22. The van der Waals surface area contributed by atoms with Gasteiger partial charge in [-0.25, -0.2) is 4.98 Å². The Hall–Kier alpha value is -2.95. The van der Waals surface area contributed by atoms with Gasteiger partial charge in [-0.3, -0.25) is 9.78 Å². The van der Waals surface area contributed by atoms with E-state index in [1.54, 1.807) is 12.4 Å². The molecule has 0 saturated carbocycles. The number of hydrogen-bond donors (Lipinski definition) is 1.